The van der Waals surface area contributed by atoms with Gasteiger partial charge >= 0.3 is 18.5 Å². The van der Waals surface area contributed by atoms with Gasteiger partial charge in [-0.3, -0.25) is 0 Å². The number of hydrogen-bond donors (Lipinski definition) is 1. The zero-order valence-electron chi connectivity index (χ0n) is 22.4. The molecule has 0 fully saturated rings. The van der Waals surface area contributed by atoms with E-state index in [1.807, 2.05) is 0 Å². The van der Waals surface area contributed by atoms with Crippen molar-refractivity contribution in [2.45, 2.75) is 37.7 Å². The van der Waals surface area contributed by atoms with E-state index >= 15 is 0 Å². The second kappa shape index (κ2) is 12.8. The molecule has 0 spiro atoms. The highest BCUT2D eigenvalue weighted by atomic mass is 19.4. The number of halogens is 10. The monoisotopic (exact) mass is 631 g/mol. The molecule has 0 aliphatic heterocycles. The molecular formula is C31H23F10NO2. The molecular weight excluding hydrogens is 608 g/mol. The van der Waals surface area contributed by atoms with E-state index < -0.39 is 60.2 Å². The molecule has 3 nitrogen and oxygen atoms in total. The maximum atomic E-state index is 14.9. The van der Waals surface area contributed by atoms with E-state index in [1.54, 1.807) is 0 Å². The summed E-state index contributed by atoms with van der Waals surface area (Å²) in [6.07, 6.45) is -14.0. The Hall–Kier alpha value is -4.26. The Morgan fingerprint density at radius 1 is 0.659 bits per heavy atom. The summed E-state index contributed by atoms with van der Waals surface area (Å²) in [4.78, 5) is 1.37. The van der Waals surface area contributed by atoms with Gasteiger partial charge in [0.25, 0.3) is 0 Å². The van der Waals surface area contributed by atoms with Crippen LogP contribution in [0, 0.1) is 5.82 Å². The third-order valence-electron chi connectivity index (χ3n) is 6.70. The Morgan fingerprint density at radius 3 is 1.84 bits per heavy atom. The van der Waals surface area contributed by atoms with Crippen LogP contribution in [-0.2, 0) is 31.7 Å². The van der Waals surface area contributed by atoms with E-state index in [1.165, 1.54) is 41.3 Å². The second-order valence-electron chi connectivity index (χ2n) is 9.73. The quantitative estimate of drug-likeness (QED) is 0.187. The van der Waals surface area contributed by atoms with E-state index in [2.05, 4.69) is 0 Å². The summed E-state index contributed by atoms with van der Waals surface area (Å²) in [5.41, 5.74) is -2.65. The summed E-state index contributed by atoms with van der Waals surface area (Å²) < 4.78 is 139. The van der Waals surface area contributed by atoms with Crippen LogP contribution < -0.4 is 9.64 Å². The molecule has 0 aromatic heterocycles. The number of aliphatic hydroxyl groups is 1. The van der Waals surface area contributed by atoms with Crippen molar-refractivity contribution < 1.29 is 53.7 Å². The first kappa shape index (κ1) is 32.6. The Bertz CT molecular complexity index is 1560. The molecule has 1 atom stereocenters. The lowest BCUT2D eigenvalue weighted by Gasteiger charge is -2.34. The van der Waals surface area contributed by atoms with Gasteiger partial charge in [-0.1, -0.05) is 36.4 Å². The SMILES string of the molecule is OCC(c1ccc(C(F)(F)F)cc1)N(Cc1ccc(C(F)(F)F)cc1F)c1cccc(OCc2cccc(C(F)(F)F)c2)c1. The fourth-order valence-electron chi connectivity index (χ4n) is 4.45. The van der Waals surface area contributed by atoms with Crippen molar-refractivity contribution in [2.75, 3.05) is 11.5 Å². The number of anilines is 1. The average Bonchev–Trinajstić information content (AvgIpc) is 2.96. The summed E-state index contributed by atoms with van der Waals surface area (Å²) in [7, 11) is 0. The third kappa shape index (κ3) is 8.01. The van der Waals surface area contributed by atoms with Crippen LogP contribution in [0.25, 0.3) is 0 Å². The minimum absolute atomic E-state index is 0.141. The van der Waals surface area contributed by atoms with Crippen LogP contribution >= 0.6 is 0 Å². The van der Waals surface area contributed by atoms with E-state index in [9.17, 15) is 49.0 Å². The van der Waals surface area contributed by atoms with Crippen LogP contribution in [0.1, 0.15) is 39.4 Å². The average molecular weight is 632 g/mol. The molecule has 44 heavy (non-hydrogen) atoms. The maximum Gasteiger partial charge on any atom is 0.416 e. The number of alkyl halides is 9. The summed E-state index contributed by atoms with van der Waals surface area (Å²) in [6.45, 7) is -1.39. The first-order valence-corrected chi connectivity index (χ1v) is 12.9. The molecule has 0 saturated carbocycles. The highest BCUT2D eigenvalue weighted by Crippen LogP contribution is 2.36. The number of rotatable bonds is 9. The molecule has 1 N–H and O–H groups in total. The van der Waals surface area contributed by atoms with Gasteiger partial charge in [0.15, 0.2) is 0 Å². The Morgan fingerprint density at radius 2 is 1.25 bits per heavy atom. The highest BCUT2D eigenvalue weighted by molar-refractivity contribution is 5.54. The minimum atomic E-state index is -4.81. The summed E-state index contributed by atoms with van der Waals surface area (Å²) in [6, 6.07) is 14.9. The summed E-state index contributed by atoms with van der Waals surface area (Å²) in [5, 5.41) is 10.3. The molecule has 0 radical (unpaired) electrons. The fraction of sp³-hybridized carbons (Fsp3) is 0.226. The van der Waals surface area contributed by atoms with Crippen molar-refractivity contribution in [3.05, 3.63) is 130 Å². The van der Waals surface area contributed by atoms with Crippen LogP contribution in [0.4, 0.5) is 49.6 Å². The van der Waals surface area contributed by atoms with Gasteiger partial charge in [0, 0.05) is 23.9 Å². The number of benzene rings is 4. The predicted molar refractivity (Wildman–Crippen MR) is 141 cm³/mol. The van der Waals surface area contributed by atoms with Gasteiger partial charge in [-0.2, -0.15) is 39.5 Å². The number of aliphatic hydroxyl groups excluding tert-OH is 1. The van der Waals surface area contributed by atoms with Gasteiger partial charge in [-0.25, -0.2) is 4.39 Å². The molecule has 0 heterocycles. The van der Waals surface area contributed by atoms with E-state index in [4.69, 9.17) is 4.74 Å². The van der Waals surface area contributed by atoms with Crippen molar-refractivity contribution in [1.29, 1.82) is 0 Å². The van der Waals surface area contributed by atoms with E-state index in [0.717, 1.165) is 42.5 Å². The van der Waals surface area contributed by atoms with Gasteiger partial charge in [0.2, 0.25) is 0 Å². The van der Waals surface area contributed by atoms with Crippen LogP contribution in [0.2, 0.25) is 0 Å². The standard InChI is InChI=1S/C31H23F10NO2/c32-27-14-24(31(39,40)41)12-9-21(27)16-42(28(17-43)20-7-10-22(11-8-20)29(33,34)35)25-5-2-6-26(15-25)44-18-19-3-1-4-23(13-19)30(36,37)38/h1-15,28,43H,16-18H2. The lowest BCUT2D eigenvalue weighted by atomic mass is 10.0. The molecule has 13 heteroatoms. The number of hydrogen-bond acceptors (Lipinski definition) is 3. The molecule has 0 aliphatic rings. The fourth-order valence-corrected chi connectivity index (χ4v) is 4.45. The van der Waals surface area contributed by atoms with Crippen LogP contribution in [-0.4, -0.2) is 11.7 Å². The first-order valence-electron chi connectivity index (χ1n) is 12.9. The van der Waals surface area contributed by atoms with Gasteiger partial charge in [0.05, 0.1) is 29.3 Å². The smallest absolute Gasteiger partial charge is 0.416 e. The van der Waals surface area contributed by atoms with Gasteiger partial charge in [0.1, 0.15) is 18.2 Å². The van der Waals surface area contributed by atoms with Gasteiger partial charge in [-0.15, -0.1) is 0 Å². The van der Waals surface area contributed by atoms with Crippen molar-refractivity contribution in [2.24, 2.45) is 0 Å². The van der Waals surface area contributed by atoms with Crippen molar-refractivity contribution in [1.82, 2.24) is 0 Å². The summed E-state index contributed by atoms with van der Waals surface area (Å²) in [5.74, 6) is -1.06. The zero-order chi connectivity index (χ0) is 32.3. The molecule has 0 saturated heterocycles. The van der Waals surface area contributed by atoms with Crippen LogP contribution in [0.3, 0.4) is 0 Å². The van der Waals surface area contributed by atoms with Crippen LogP contribution in [0.15, 0.2) is 91.0 Å². The highest BCUT2D eigenvalue weighted by Gasteiger charge is 2.33. The van der Waals surface area contributed by atoms with Crippen molar-refractivity contribution >= 4 is 5.69 Å². The van der Waals surface area contributed by atoms with E-state index in [-0.39, 0.29) is 34.7 Å². The lowest BCUT2D eigenvalue weighted by molar-refractivity contribution is -0.138. The Kier molecular flexibility index (Phi) is 9.47. The molecule has 4 aromatic carbocycles. The van der Waals surface area contributed by atoms with Gasteiger partial charge < -0.3 is 14.7 Å². The maximum absolute atomic E-state index is 14.9. The summed E-state index contributed by atoms with van der Waals surface area (Å²) >= 11 is 0. The van der Waals surface area contributed by atoms with Crippen molar-refractivity contribution in [3.63, 3.8) is 0 Å². The van der Waals surface area contributed by atoms with Gasteiger partial charge in [-0.05, 0) is 59.7 Å². The zero-order valence-corrected chi connectivity index (χ0v) is 22.4. The number of nitrogens with zero attached hydrogens (tertiary/aromatic N) is 1. The molecule has 0 amide bonds. The molecule has 0 bridgehead atoms. The van der Waals surface area contributed by atoms with Crippen LogP contribution in [0.5, 0.6) is 5.75 Å². The Labute approximate surface area is 244 Å². The lowest BCUT2D eigenvalue weighted by Crippen LogP contribution is -2.31. The molecule has 4 rings (SSSR count). The molecule has 4 aromatic rings. The number of ether oxygens (including phenoxy) is 1. The molecule has 0 aliphatic carbocycles. The molecule has 1 unspecified atom stereocenters. The van der Waals surface area contributed by atoms with E-state index in [0.29, 0.717) is 12.1 Å². The topological polar surface area (TPSA) is 32.7 Å². The second-order valence-corrected chi connectivity index (χ2v) is 9.73. The predicted octanol–water partition coefficient (Wildman–Crippen LogP) is 9.20. The largest absolute Gasteiger partial charge is 0.489 e. The molecule has 234 valence electrons. The Balaban J connectivity index is 1.69. The minimum Gasteiger partial charge on any atom is -0.489 e. The normalized spacial score (nSPS) is 13.1. The first-order chi connectivity index (χ1) is 20.6. The van der Waals surface area contributed by atoms with Crippen molar-refractivity contribution in [3.8, 4) is 5.75 Å². The third-order valence-corrected chi connectivity index (χ3v) is 6.70.